The van der Waals surface area contributed by atoms with Gasteiger partial charge in [0.25, 0.3) is 0 Å². The molecule has 8 nitrogen and oxygen atoms in total. The Morgan fingerprint density at radius 3 is 2.39 bits per heavy atom. The van der Waals surface area contributed by atoms with E-state index in [4.69, 9.17) is 36.3 Å². The van der Waals surface area contributed by atoms with Crippen molar-refractivity contribution in [1.29, 1.82) is 5.26 Å². The zero-order chi connectivity index (χ0) is 22.1. The lowest BCUT2D eigenvalue weighted by atomic mass is 9.83. The van der Waals surface area contributed by atoms with Crippen LogP contribution in [0.4, 0.5) is 0 Å². The van der Waals surface area contributed by atoms with Crippen molar-refractivity contribution in [2.24, 2.45) is 5.73 Å². The summed E-state index contributed by atoms with van der Waals surface area (Å²) in [5, 5.41) is 17.6. The number of H-pyrrole nitrogens is 1. The summed E-state index contributed by atoms with van der Waals surface area (Å²) >= 11 is 6.49. The van der Waals surface area contributed by atoms with E-state index in [1.54, 1.807) is 18.2 Å². The quantitative estimate of drug-likeness (QED) is 0.619. The molecule has 0 bridgehead atoms. The number of nitrogens with zero attached hydrogens (tertiary/aromatic N) is 2. The number of ether oxygens (including phenoxy) is 4. The van der Waals surface area contributed by atoms with Crippen molar-refractivity contribution in [2.75, 3.05) is 21.3 Å². The molecular formula is C22H19ClN4O4. The fourth-order valence-corrected chi connectivity index (χ4v) is 3.96. The first-order valence-electron chi connectivity index (χ1n) is 9.24. The monoisotopic (exact) mass is 438 g/mol. The van der Waals surface area contributed by atoms with Crippen LogP contribution in [-0.4, -0.2) is 31.5 Å². The fraction of sp³-hybridized carbons (Fsp3) is 0.182. The Hall–Kier alpha value is -3.83. The largest absolute Gasteiger partial charge is 0.493 e. The summed E-state index contributed by atoms with van der Waals surface area (Å²) in [5.41, 5.74) is 8.94. The second kappa shape index (κ2) is 8.13. The highest BCUT2D eigenvalue weighted by molar-refractivity contribution is 6.31. The molecular weight excluding hydrogens is 420 g/mol. The molecule has 0 unspecified atom stereocenters. The molecule has 0 radical (unpaired) electrons. The molecule has 0 spiro atoms. The van der Waals surface area contributed by atoms with Gasteiger partial charge in [-0.15, -0.1) is 5.10 Å². The number of aromatic amines is 1. The van der Waals surface area contributed by atoms with Crippen LogP contribution in [0.2, 0.25) is 5.02 Å². The van der Waals surface area contributed by atoms with Gasteiger partial charge in [0.15, 0.2) is 11.5 Å². The van der Waals surface area contributed by atoms with E-state index in [2.05, 4.69) is 16.3 Å². The molecule has 0 amide bonds. The van der Waals surface area contributed by atoms with Gasteiger partial charge in [0.2, 0.25) is 17.5 Å². The lowest BCUT2D eigenvalue weighted by molar-refractivity contribution is 0.324. The van der Waals surface area contributed by atoms with Crippen LogP contribution in [-0.2, 0) is 0 Å². The zero-order valence-corrected chi connectivity index (χ0v) is 17.8. The van der Waals surface area contributed by atoms with E-state index in [9.17, 15) is 5.26 Å². The van der Waals surface area contributed by atoms with Gasteiger partial charge in [-0.25, -0.2) is 0 Å². The lowest BCUT2D eigenvalue weighted by Crippen LogP contribution is -2.21. The van der Waals surface area contributed by atoms with Crippen LogP contribution in [0, 0.1) is 11.3 Å². The topological polar surface area (TPSA) is 115 Å². The molecule has 1 aliphatic heterocycles. The SMILES string of the molecule is COc1cc(-c2[nH]nc3c2[C@H](c2ccccc2Cl)C(C#N)=C(N)O3)cc(OC)c1OC. The number of nitriles is 1. The van der Waals surface area contributed by atoms with Crippen molar-refractivity contribution >= 4 is 11.6 Å². The molecule has 2 aromatic carbocycles. The third kappa shape index (κ3) is 3.29. The van der Waals surface area contributed by atoms with E-state index < -0.39 is 5.92 Å². The molecule has 3 N–H and O–H groups in total. The highest BCUT2D eigenvalue weighted by atomic mass is 35.5. The molecule has 3 aromatic rings. The number of nitrogens with one attached hydrogen (secondary N) is 1. The molecule has 0 saturated carbocycles. The van der Waals surface area contributed by atoms with Gasteiger partial charge in [-0.05, 0) is 23.8 Å². The molecule has 31 heavy (non-hydrogen) atoms. The van der Waals surface area contributed by atoms with Gasteiger partial charge in [0.05, 0.1) is 38.5 Å². The normalized spacial score (nSPS) is 15.0. The molecule has 1 atom stereocenters. The van der Waals surface area contributed by atoms with Gasteiger partial charge in [0.1, 0.15) is 11.6 Å². The van der Waals surface area contributed by atoms with Crippen molar-refractivity contribution < 1.29 is 18.9 Å². The minimum absolute atomic E-state index is 0.0112. The minimum Gasteiger partial charge on any atom is -0.493 e. The first-order valence-corrected chi connectivity index (χ1v) is 9.62. The average Bonchev–Trinajstić information content (AvgIpc) is 3.20. The maximum atomic E-state index is 9.84. The maximum absolute atomic E-state index is 9.84. The third-order valence-electron chi connectivity index (χ3n) is 5.11. The summed E-state index contributed by atoms with van der Waals surface area (Å²) in [4.78, 5) is 0. The number of fused-ring (bicyclic) bond motifs is 1. The Morgan fingerprint density at radius 2 is 1.81 bits per heavy atom. The lowest BCUT2D eigenvalue weighted by Gasteiger charge is -2.25. The van der Waals surface area contributed by atoms with E-state index in [1.807, 2.05) is 18.2 Å². The number of nitrogens with two attached hydrogens (primary N) is 1. The van der Waals surface area contributed by atoms with Crippen molar-refractivity contribution in [1.82, 2.24) is 10.2 Å². The van der Waals surface area contributed by atoms with Gasteiger partial charge in [-0.2, -0.15) is 5.26 Å². The molecule has 158 valence electrons. The number of aromatic nitrogens is 2. The Labute approximate surface area is 183 Å². The first kappa shape index (κ1) is 20.4. The smallest absolute Gasteiger partial charge is 0.244 e. The second-order valence-corrected chi connectivity index (χ2v) is 7.08. The van der Waals surface area contributed by atoms with Gasteiger partial charge in [-0.1, -0.05) is 29.8 Å². The van der Waals surface area contributed by atoms with Crippen LogP contribution >= 0.6 is 11.6 Å². The highest BCUT2D eigenvalue weighted by Crippen LogP contribution is 2.49. The second-order valence-electron chi connectivity index (χ2n) is 6.68. The summed E-state index contributed by atoms with van der Waals surface area (Å²) in [5.74, 6) is 1.09. The number of benzene rings is 2. The number of methoxy groups -OCH3 is 3. The number of rotatable bonds is 5. The number of hydrogen-bond acceptors (Lipinski definition) is 7. The zero-order valence-electron chi connectivity index (χ0n) is 17.0. The standard InChI is InChI=1S/C22H19ClN4O4/c1-28-15-8-11(9-16(29-2)20(15)30-3)19-18-17(12-6-4-5-7-14(12)23)13(10-24)21(25)31-22(18)27-26-19/h4-9,17H,25H2,1-3H3,(H,26,27)/t17-/m1/s1. The highest BCUT2D eigenvalue weighted by Gasteiger charge is 2.37. The molecule has 0 saturated heterocycles. The van der Waals surface area contributed by atoms with E-state index >= 15 is 0 Å². The Balaban J connectivity index is 1.98. The van der Waals surface area contributed by atoms with Gasteiger partial charge < -0.3 is 24.7 Å². The summed E-state index contributed by atoms with van der Waals surface area (Å²) < 4.78 is 22.0. The van der Waals surface area contributed by atoms with Crippen molar-refractivity contribution in [3.63, 3.8) is 0 Å². The van der Waals surface area contributed by atoms with E-state index in [-0.39, 0.29) is 17.3 Å². The van der Waals surface area contributed by atoms with Gasteiger partial charge >= 0.3 is 0 Å². The van der Waals surface area contributed by atoms with Crippen molar-refractivity contribution in [3.8, 4) is 40.5 Å². The number of hydrogen-bond donors (Lipinski definition) is 2. The predicted molar refractivity (Wildman–Crippen MR) is 114 cm³/mol. The van der Waals surface area contributed by atoms with E-state index in [1.165, 1.54) is 21.3 Å². The Kier molecular flexibility index (Phi) is 5.36. The molecule has 2 heterocycles. The minimum atomic E-state index is -0.574. The molecule has 4 rings (SSSR count). The van der Waals surface area contributed by atoms with Crippen LogP contribution < -0.4 is 24.7 Å². The average molecular weight is 439 g/mol. The van der Waals surface area contributed by atoms with Gasteiger partial charge in [0, 0.05) is 10.6 Å². The summed E-state index contributed by atoms with van der Waals surface area (Å²) in [6, 6.07) is 13.0. The summed E-state index contributed by atoms with van der Waals surface area (Å²) in [6.07, 6.45) is 0. The van der Waals surface area contributed by atoms with E-state index in [0.717, 1.165) is 0 Å². The van der Waals surface area contributed by atoms with E-state index in [0.29, 0.717) is 44.7 Å². The Bertz CT molecular complexity index is 1200. The molecule has 9 heteroatoms. The van der Waals surface area contributed by atoms with Crippen LogP contribution in [0.1, 0.15) is 17.0 Å². The fourth-order valence-electron chi connectivity index (χ4n) is 3.71. The Morgan fingerprint density at radius 1 is 1.13 bits per heavy atom. The van der Waals surface area contributed by atoms with Crippen molar-refractivity contribution in [2.45, 2.75) is 5.92 Å². The summed E-state index contributed by atoms with van der Waals surface area (Å²) in [6.45, 7) is 0. The number of allylic oxidation sites excluding steroid dienone is 1. The molecule has 1 aromatic heterocycles. The van der Waals surface area contributed by atoms with Crippen LogP contribution in [0.5, 0.6) is 23.1 Å². The molecule has 0 aliphatic carbocycles. The molecule has 0 fully saturated rings. The van der Waals surface area contributed by atoms with Crippen LogP contribution in [0.3, 0.4) is 0 Å². The van der Waals surface area contributed by atoms with Crippen molar-refractivity contribution in [3.05, 3.63) is 64.0 Å². The predicted octanol–water partition coefficient (Wildman–Crippen LogP) is 3.97. The van der Waals surface area contributed by atoms with Crippen LogP contribution in [0.15, 0.2) is 47.9 Å². The number of halogens is 1. The maximum Gasteiger partial charge on any atom is 0.244 e. The summed E-state index contributed by atoms with van der Waals surface area (Å²) in [7, 11) is 4.61. The molecule has 1 aliphatic rings. The third-order valence-corrected chi connectivity index (χ3v) is 5.45. The first-order chi connectivity index (χ1) is 15.0. The van der Waals surface area contributed by atoms with Crippen LogP contribution in [0.25, 0.3) is 11.3 Å². The van der Waals surface area contributed by atoms with Gasteiger partial charge in [-0.3, -0.25) is 5.10 Å².